The van der Waals surface area contributed by atoms with Crippen molar-refractivity contribution in [1.82, 2.24) is 10.2 Å². The largest absolute Gasteiger partial charge is 0.481 e. The highest BCUT2D eigenvalue weighted by atomic mass is 16.4. The Labute approximate surface area is 130 Å². The molecule has 1 aromatic rings. The second kappa shape index (κ2) is 8.17. The molecule has 1 atom stereocenters. The smallest absolute Gasteiger partial charge is 0.308 e. The van der Waals surface area contributed by atoms with E-state index in [9.17, 15) is 14.4 Å². The van der Waals surface area contributed by atoms with Crippen LogP contribution in [0.15, 0.2) is 24.3 Å². The minimum Gasteiger partial charge on any atom is -0.481 e. The van der Waals surface area contributed by atoms with Gasteiger partial charge in [-0.1, -0.05) is 13.3 Å². The summed E-state index contributed by atoms with van der Waals surface area (Å²) < 4.78 is 0. The van der Waals surface area contributed by atoms with Crippen LogP contribution in [-0.2, 0) is 4.79 Å². The Hall–Kier alpha value is -2.37. The number of nitrogens with zero attached hydrogens (tertiary/aromatic N) is 1. The Bertz CT molecular complexity index is 538. The summed E-state index contributed by atoms with van der Waals surface area (Å²) in [7, 11) is 3.31. The van der Waals surface area contributed by atoms with Gasteiger partial charge in [-0.2, -0.15) is 0 Å². The fourth-order valence-corrected chi connectivity index (χ4v) is 2.00. The number of carboxylic acids is 1. The van der Waals surface area contributed by atoms with Crippen molar-refractivity contribution in [1.29, 1.82) is 0 Å². The zero-order valence-electron chi connectivity index (χ0n) is 13.1. The number of hydrogen-bond donors (Lipinski definition) is 2. The van der Waals surface area contributed by atoms with Crippen molar-refractivity contribution in [2.24, 2.45) is 5.92 Å². The quantitative estimate of drug-likeness (QED) is 0.801. The number of nitrogens with one attached hydrogen (secondary N) is 1. The van der Waals surface area contributed by atoms with Gasteiger partial charge in [-0.3, -0.25) is 14.4 Å². The van der Waals surface area contributed by atoms with Crippen LogP contribution in [0, 0.1) is 5.92 Å². The second-order valence-electron chi connectivity index (χ2n) is 5.31. The molecule has 6 nitrogen and oxygen atoms in total. The van der Waals surface area contributed by atoms with Crippen molar-refractivity contribution < 1.29 is 19.5 Å². The molecule has 1 aromatic carbocycles. The molecule has 0 aliphatic rings. The van der Waals surface area contributed by atoms with Crippen LogP contribution in [0.1, 0.15) is 40.5 Å². The average Bonchev–Trinajstić information content (AvgIpc) is 2.50. The number of benzene rings is 1. The zero-order chi connectivity index (χ0) is 16.7. The van der Waals surface area contributed by atoms with E-state index < -0.39 is 11.9 Å². The molecule has 0 aliphatic heterocycles. The summed E-state index contributed by atoms with van der Waals surface area (Å²) in [5, 5.41) is 11.7. The third kappa shape index (κ3) is 4.87. The van der Waals surface area contributed by atoms with E-state index >= 15 is 0 Å². The lowest BCUT2D eigenvalue weighted by Crippen LogP contribution is -2.33. The molecule has 0 spiro atoms. The number of carbonyl (C=O) groups is 3. The molecule has 22 heavy (non-hydrogen) atoms. The van der Waals surface area contributed by atoms with Crippen LogP contribution in [0.4, 0.5) is 0 Å². The van der Waals surface area contributed by atoms with Gasteiger partial charge in [-0.25, -0.2) is 0 Å². The normalized spacial score (nSPS) is 11.6. The molecule has 0 radical (unpaired) electrons. The van der Waals surface area contributed by atoms with Crippen molar-refractivity contribution in [3.63, 3.8) is 0 Å². The van der Waals surface area contributed by atoms with Gasteiger partial charge in [0.2, 0.25) is 0 Å². The van der Waals surface area contributed by atoms with Gasteiger partial charge in [0.15, 0.2) is 0 Å². The number of aliphatic carboxylic acids is 1. The standard InChI is InChI=1S/C16H22N2O4/c1-4-5-13(16(21)22)10-17-14(19)11-6-8-12(9-7-11)15(20)18(2)3/h6-9,13H,4-5,10H2,1-3H3,(H,17,19)(H,21,22). The maximum atomic E-state index is 12.0. The minimum absolute atomic E-state index is 0.0976. The molecular formula is C16H22N2O4. The highest BCUT2D eigenvalue weighted by Gasteiger charge is 2.18. The predicted octanol–water partition coefficient (Wildman–Crippen LogP) is 1.62. The number of carboxylic acid groups (broad SMARTS) is 1. The fraction of sp³-hybridized carbons (Fsp3) is 0.438. The van der Waals surface area contributed by atoms with Crippen LogP contribution in [0.3, 0.4) is 0 Å². The van der Waals surface area contributed by atoms with Crippen LogP contribution in [0.5, 0.6) is 0 Å². The van der Waals surface area contributed by atoms with Crippen molar-refractivity contribution >= 4 is 17.8 Å². The van der Waals surface area contributed by atoms with Gasteiger partial charge in [0.1, 0.15) is 0 Å². The van der Waals surface area contributed by atoms with Gasteiger partial charge in [0.25, 0.3) is 11.8 Å². The molecule has 0 saturated heterocycles. The Morgan fingerprint density at radius 3 is 2.14 bits per heavy atom. The third-order valence-corrected chi connectivity index (χ3v) is 3.30. The molecule has 0 aromatic heterocycles. The van der Waals surface area contributed by atoms with E-state index in [1.807, 2.05) is 6.92 Å². The molecular weight excluding hydrogens is 284 g/mol. The van der Waals surface area contributed by atoms with Crippen LogP contribution < -0.4 is 5.32 Å². The molecule has 2 amide bonds. The van der Waals surface area contributed by atoms with Crippen molar-refractivity contribution in [3.8, 4) is 0 Å². The predicted molar refractivity (Wildman–Crippen MR) is 82.8 cm³/mol. The summed E-state index contributed by atoms with van der Waals surface area (Å²) in [6.07, 6.45) is 1.26. The molecule has 1 rings (SSSR count). The Balaban J connectivity index is 2.66. The van der Waals surface area contributed by atoms with Crippen LogP contribution in [0.2, 0.25) is 0 Å². The number of hydrogen-bond acceptors (Lipinski definition) is 3. The molecule has 0 heterocycles. The summed E-state index contributed by atoms with van der Waals surface area (Å²) in [6, 6.07) is 6.28. The molecule has 120 valence electrons. The Kier molecular flexibility index (Phi) is 6.56. The molecule has 1 unspecified atom stereocenters. The third-order valence-electron chi connectivity index (χ3n) is 3.30. The highest BCUT2D eigenvalue weighted by molar-refractivity contribution is 5.97. The first kappa shape index (κ1) is 17.7. The number of carbonyl (C=O) groups excluding carboxylic acids is 2. The van der Waals surface area contributed by atoms with E-state index in [2.05, 4.69) is 5.32 Å². The van der Waals surface area contributed by atoms with Gasteiger partial charge in [0.05, 0.1) is 5.92 Å². The molecule has 0 fully saturated rings. The minimum atomic E-state index is -0.908. The summed E-state index contributed by atoms with van der Waals surface area (Å²) in [6.45, 7) is 2.00. The Morgan fingerprint density at radius 2 is 1.68 bits per heavy atom. The lowest BCUT2D eigenvalue weighted by atomic mass is 10.0. The summed E-state index contributed by atoms with van der Waals surface area (Å²) in [5.74, 6) is -1.97. The Morgan fingerprint density at radius 1 is 1.14 bits per heavy atom. The summed E-state index contributed by atoms with van der Waals surface area (Å²) >= 11 is 0. The van der Waals surface area contributed by atoms with Crippen molar-refractivity contribution in [3.05, 3.63) is 35.4 Å². The maximum Gasteiger partial charge on any atom is 0.308 e. The first-order chi connectivity index (χ1) is 10.4. The maximum absolute atomic E-state index is 12.0. The average molecular weight is 306 g/mol. The zero-order valence-corrected chi connectivity index (χ0v) is 13.1. The topological polar surface area (TPSA) is 86.7 Å². The summed E-state index contributed by atoms with van der Waals surface area (Å²) in [4.78, 5) is 36.2. The van der Waals surface area contributed by atoms with E-state index in [-0.39, 0.29) is 18.4 Å². The van der Waals surface area contributed by atoms with E-state index in [4.69, 9.17) is 5.11 Å². The first-order valence-electron chi connectivity index (χ1n) is 7.19. The van der Waals surface area contributed by atoms with Gasteiger partial charge in [-0.15, -0.1) is 0 Å². The van der Waals surface area contributed by atoms with Crippen LogP contribution in [0.25, 0.3) is 0 Å². The lowest BCUT2D eigenvalue weighted by Gasteiger charge is -2.13. The SMILES string of the molecule is CCCC(CNC(=O)c1ccc(C(=O)N(C)C)cc1)C(=O)O. The monoisotopic (exact) mass is 306 g/mol. The molecule has 6 heteroatoms. The number of rotatable bonds is 7. The molecule has 0 saturated carbocycles. The van der Waals surface area contributed by atoms with E-state index in [1.54, 1.807) is 38.4 Å². The van der Waals surface area contributed by atoms with E-state index in [0.29, 0.717) is 17.5 Å². The van der Waals surface area contributed by atoms with Gasteiger partial charge in [-0.05, 0) is 30.7 Å². The van der Waals surface area contributed by atoms with Crippen molar-refractivity contribution in [2.45, 2.75) is 19.8 Å². The molecule has 0 bridgehead atoms. The van der Waals surface area contributed by atoms with Crippen LogP contribution in [-0.4, -0.2) is 48.4 Å². The number of amides is 2. The van der Waals surface area contributed by atoms with Crippen molar-refractivity contribution in [2.75, 3.05) is 20.6 Å². The molecule has 2 N–H and O–H groups in total. The van der Waals surface area contributed by atoms with E-state index in [1.165, 1.54) is 4.90 Å². The second-order valence-corrected chi connectivity index (χ2v) is 5.31. The molecule has 0 aliphatic carbocycles. The van der Waals surface area contributed by atoms with Gasteiger partial charge in [0, 0.05) is 31.8 Å². The van der Waals surface area contributed by atoms with Gasteiger partial charge < -0.3 is 15.3 Å². The lowest BCUT2D eigenvalue weighted by molar-refractivity contribution is -0.141. The van der Waals surface area contributed by atoms with Gasteiger partial charge >= 0.3 is 5.97 Å². The van der Waals surface area contributed by atoms with E-state index in [0.717, 1.165) is 6.42 Å². The fourth-order valence-electron chi connectivity index (χ4n) is 2.00. The first-order valence-corrected chi connectivity index (χ1v) is 7.19. The summed E-state index contributed by atoms with van der Waals surface area (Å²) in [5.41, 5.74) is 0.895. The van der Waals surface area contributed by atoms with Crippen LogP contribution >= 0.6 is 0 Å². The highest BCUT2D eigenvalue weighted by Crippen LogP contribution is 2.08.